The number of hydrogen-bond donors (Lipinski definition) is 1. The lowest BCUT2D eigenvalue weighted by Gasteiger charge is -2.13. The van der Waals surface area contributed by atoms with Crippen molar-refractivity contribution in [2.24, 2.45) is 0 Å². The highest BCUT2D eigenvalue weighted by atomic mass is 19.2. The molecule has 0 aliphatic rings. The van der Waals surface area contributed by atoms with Crippen molar-refractivity contribution in [2.75, 3.05) is 0 Å². The molecule has 0 aliphatic carbocycles. The largest absolute Gasteiger partial charge is 0.388 e. The summed E-state index contributed by atoms with van der Waals surface area (Å²) in [7, 11) is 0. The van der Waals surface area contributed by atoms with Gasteiger partial charge in [0.15, 0.2) is 11.6 Å². The fourth-order valence-corrected chi connectivity index (χ4v) is 1.80. The SMILES string of the molecule is OC(Cc1cc(F)ccc1F)c1cccc(F)c1F. The van der Waals surface area contributed by atoms with Gasteiger partial charge < -0.3 is 5.11 Å². The van der Waals surface area contributed by atoms with E-state index in [4.69, 9.17) is 0 Å². The minimum atomic E-state index is -1.45. The highest BCUT2D eigenvalue weighted by molar-refractivity contribution is 5.25. The fourth-order valence-electron chi connectivity index (χ4n) is 1.80. The van der Waals surface area contributed by atoms with Crippen LogP contribution in [0.1, 0.15) is 17.2 Å². The molecule has 0 aromatic heterocycles. The normalized spacial score (nSPS) is 12.5. The average Bonchev–Trinajstić information content (AvgIpc) is 2.37. The minimum Gasteiger partial charge on any atom is -0.388 e. The van der Waals surface area contributed by atoms with Crippen LogP contribution in [0.3, 0.4) is 0 Å². The zero-order valence-electron chi connectivity index (χ0n) is 9.71. The summed E-state index contributed by atoms with van der Waals surface area (Å²) in [5.41, 5.74) is -0.389. The summed E-state index contributed by atoms with van der Waals surface area (Å²) < 4.78 is 52.8. The number of halogens is 4. The summed E-state index contributed by atoms with van der Waals surface area (Å²) >= 11 is 0. The zero-order valence-corrected chi connectivity index (χ0v) is 9.71. The first-order chi connectivity index (χ1) is 8.99. The molecule has 0 saturated carbocycles. The van der Waals surface area contributed by atoms with Crippen molar-refractivity contribution in [3.63, 3.8) is 0 Å². The van der Waals surface area contributed by atoms with E-state index >= 15 is 0 Å². The standard InChI is InChI=1S/C14H10F4O/c15-9-4-5-11(16)8(6-9)7-13(19)10-2-1-3-12(17)14(10)18/h1-6,13,19H,7H2. The zero-order chi connectivity index (χ0) is 14.0. The van der Waals surface area contributed by atoms with Crippen molar-refractivity contribution in [1.82, 2.24) is 0 Å². The Bertz CT molecular complexity index is 598. The van der Waals surface area contributed by atoms with E-state index in [2.05, 4.69) is 0 Å². The van der Waals surface area contributed by atoms with E-state index < -0.39 is 29.4 Å². The number of rotatable bonds is 3. The Morgan fingerprint density at radius 2 is 1.68 bits per heavy atom. The van der Waals surface area contributed by atoms with Crippen LogP contribution in [0.15, 0.2) is 36.4 Å². The molecule has 19 heavy (non-hydrogen) atoms. The van der Waals surface area contributed by atoms with E-state index in [0.29, 0.717) is 0 Å². The molecule has 1 atom stereocenters. The second-order valence-electron chi connectivity index (χ2n) is 4.10. The lowest BCUT2D eigenvalue weighted by Crippen LogP contribution is -2.07. The number of aliphatic hydroxyl groups is 1. The van der Waals surface area contributed by atoms with Crippen molar-refractivity contribution < 1.29 is 22.7 Å². The molecule has 1 nitrogen and oxygen atoms in total. The van der Waals surface area contributed by atoms with Gasteiger partial charge in [-0.25, -0.2) is 17.6 Å². The lowest BCUT2D eigenvalue weighted by atomic mass is 10.0. The van der Waals surface area contributed by atoms with Gasteiger partial charge in [-0.15, -0.1) is 0 Å². The quantitative estimate of drug-likeness (QED) is 0.846. The average molecular weight is 270 g/mol. The maximum atomic E-state index is 13.4. The summed E-state index contributed by atoms with van der Waals surface area (Å²) in [5, 5.41) is 9.80. The van der Waals surface area contributed by atoms with Crippen molar-refractivity contribution in [1.29, 1.82) is 0 Å². The van der Waals surface area contributed by atoms with Gasteiger partial charge in [-0.1, -0.05) is 12.1 Å². The molecule has 0 heterocycles. The van der Waals surface area contributed by atoms with E-state index in [1.807, 2.05) is 0 Å². The van der Waals surface area contributed by atoms with Crippen LogP contribution in [-0.4, -0.2) is 5.11 Å². The van der Waals surface area contributed by atoms with Crippen LogP contribution in [0.4, 0.5) is 17.6 Å². The Balaban J connectivity index is 2.28. The van der Waals surface area contributed by atoms with Crippen LogP contribution >= 0.6 is 0 Å². The summed E-state index contributed by atoms with van der Waals surface area (Å²) in [5.74, 6) is -3.66. The van der Waals surface area contributed by atoms with E-state index in [-0.39, 0.29) is 17.5 Å². The van der Waals surface area contributed by atoms with Gasteiger partial charge in [-0.3, -0.25) is 0 Å². The molecule has 2 rings (SSSR count). The number of aliphatic hydroxyl groups excluding tert-OH is 1. The monoisotopic (exact) mass is 270 g/mol. The third kappa shape index (κ3) is 2.93. The molecule has 2 aromatic carbocycles. The molecule has 1 N–H and O–H groups in total. The van der Waals surface area contributed by atoms with Crippen LogP contribution in [0, 0.1) is 23.3 Å². The smallest absolute Gasteiger partial charge is 0.164 e. The van der Waals surface area contributed by atoms with Crippen LogP contribution in [0.5, 0.6) is 0 Å². The maximum absolute atomic E-state index is 13.4. The molecular weight excluding hydrogens is 260 g/mol. The van der Waals surface area contributed by atoms with Crippen LogP contribution in [0.25, 0.3) is 0 Å². The van der Waals surface area contributed by atoms with Crippen molar-refractivity contribution >= 4 is 0 Å². The van der Waals surface area contributed by atoms with Crippen LogP contribution in [0.2, 0.25) is 0 Å². The van der Waals surface area contributed by atoms with Gasteiger partial charge >= 0.3 is 0 Å². The first-order valence-corrected chi connectivity index (χ1v) is 5.55. The molecule has 0 radical (unpaired) electrons. The minimum absolute atomic E-state index is 0.101. The Hall–Kier alpha value is -1.88. The number of hydrogen-bond acceptors (Lipinski definition) is 1. The predicted octanol–water partition coefficient (Wildman–Crippen LogP) is 3.52. The van der Waals surface area contributed by atoms with E-state index in [1.165, 1.54) is 12.1 Å². The van der Waals surface area contributed by atoms with E-state index in [1.54, 1.807) is 0 Å². The molecule has 0 fully saturated rings. The Labute approximate surface area is 107 Å². The topological polar surface area (TPSA) is 20.2 Å². The van der Waals surface area contributed by atoms with Crippen LogP contribution < -0.4 is 0 Å². The van der Waals surface area contributed by atoms with Gasteiger partial charge in [0.1, 0.15) is 11.6 Å². The van der Waals surface area contributed by atoms with Gasteiger partial charge in [0.2, 0.25) is 0 Å². The molecule has 0 spiro atoms. The molecule has 5 heteroatoms. The molecule has 0 amide bonds. The summed E-state index contributed by atoms with van der Waals surface area (Å²) in [6, 6.07) is 6.11. The molecular formula is C14H10F4O. The van der Waals surface area contributed by atoms with Gasteiger partial charge in [0.25, 0.3) is 0 Å². The second kappa shape index (κ2) is 5.40. The second-order valence-corrected chi connectivity index (χ2v) is 4.10. The molecule has 100 valence electrons. The lowest BCUT2D eigenvalue weighted by molar-refractivity contribution is 0.171. The predicted molar refractivity (Wildman–Crippen MR) is 61.4 cm³/mol. The number of benzene rings is 2. The third-order valence-corrected chi connectivity index (χ3v) is 2.76. The molecule has 0 aliphatic heterocycles. The van der Waals surface area contributed by atoms with Crippen molar-refractivity contribution in [3.8, 4) is 0 Å². The first-order valence-electron chi connectivity index (χ1n) is 5.55. The third-order valence-electron chi connectivity index (χ3n) is 2.76. The van der Waals surface area contributed by atoms with Gasteiger partial charge in [-0.05, 0) is 29.8 Å². The van der Waals surface area contributed by atoms with Gasteiger partial charge in [0.05, 0.1) is 6.10 Å². The molecule has 0 saturated heterocycles. The highest BCUT2D eigenvalue weighted by Crippen LogP contribution is 2.24. The van der Waals surface area contributed by atoms with Gasteiger partial charge in [0, 0.05) is 12.0 Å². The molecule has 0 bridgehead atoms. The summed E-state index contributed by atoms with van der Waals surface area (Å²) in [4.78, 5) is 0. The van der Waals surface area contributed by atoms with Gasteiger partial charge in [-0.2, -0.15) is 0 Å². The van der Waals surface area contributed by atoms with E-state index in [0.717, 1.165) is 24.3 Å². The highest BCUT2D eigenvalue weighted by Gasteiger charge is 2.18. The Morgan fingerprint density at radius 1 is 0.947 bits per heavy atom. The summed E-state index contributed by atoms with van der Waals surface area (Å²) in [6.45, 7) is 0. The van der Waals surface area contributed by atoms with Crippen LogP contribution in [-0.2, 0) is 6.42 Å². The Kier molecular flexibility index (Phi) is 3.85. The van der Waals surface area contributed by atoms with E-state index in [9.17, 15) is 22.7 Å². The fraction of sp³-hybridized carbons (Fsp3) is 0.143. The Morgan fingerprint density at radius 3 is 2.42 bits per heavy atom. The molecule has 2 aromatic rings. The van der Waals surface area contributed by atoms with Crippen molar-refractivity contribution in [2.45, 2.75) is 12.5 Å². The van der Waals surface area contributed by atoms with Crippen molar-refractivity contribution in [3.05, 3.63) is 70.8 Å². The first kappa shape index (κ1) is 13.5. The molecule has 1 unspecified atom stereocenters. The summed E-state index contributed by atoms with van der Waals surface area (Å²) in [6.07, 6.45) is -1.80. The maximum Gasteiger partial charge on any atom is 0.164 e.